The van der Waals surface area contributed by atoms with Crippen LogP contribution < -0.4 is 5.32 Å². The van der Waals surface area contributed by atoms with E-state index in [-0.39, 0.29) is 0 Å². The summed E-state index contributed by atoms with van der Waals surface area (Å²) in [5.74, 6) is 2.46. The first-order chi connectivity index (χ1) is 8.67. The molecule has 1 aliphatic rings. The van der Waals surface area contributed by atoms with Crippen molar-refractivity contribution in [2.75, 3.05) is 5.32 Å². The molecule has 1 fully saturated rings. The van der Waals surface area contributed by atoms with Crippen molar-refractivity contribution in [2.24, 2.45) is 11.8 Å². The minimum atomic E-state index is 0.520. The molecule has 18 heavy (non-hydrogen) atoms. The van der Waals surface area contributed by atoms with Gasteiger partial charge in [-0.2, -0.15) is 0 Å². The molecule has 0 bridgehead atoms. The summed E-state index contributed by atoms with van der Waals surface area (Å²) in [5, 5.41) is 4.16. The van der Waals surface area contributed by atoms with Crippen LogP contribution in [0.3, 0.4) is 0 Å². The Bertz CT molecular complexity index is 408. The van der Waals surface area contributed by atoms with Crippen LogP contribution >= 0.6 is 11.6 Å². The van der Waals surface area contributed by atoms with Crippen molar-refractivity contribution in [1.29, 1.82) is 0 Å². The quantitative estimate of drug-likeness (QED) is 0.840. The Balaban J connectivity index is 2.13. The lowest BCUT2D eigenvalue weighted by Crippen LogP contribution is -2.25. The zero-order valence-corrected chi connectivity index (χ0v) is 12.2. The molecule has 1 aromatic heterocycles. The van der Waals surface area contributed by atoms with Gasteiger partial charge in [0.15, 0.2) is 0 Å². The Labute approximate surface area is 114 Å². The van der Waals surface area contributed by atoms with Gasteiger partial charge in [0.25, 0.3) is 0 Å². The van der Waals surface area contributed by atoms with E-state index in [1.807, 2.05) is 0 Å². The fourth-order valence-corrected chi connectivity index (χ4v) is 3.30. The lowest BCUT2D eigenvalue weighted by Gasteiger charge is -2.22. The highest BCUT2D eigenvalue weighted by Crippen LogP contribution is 2.36. The second-order valence-electron chi connectivity index (χ2n) is 5.20. The number of halogens is 1. The minimum absolute atomic E-state index is 0.520. The Morgan fingerprint density at radius 2 is 2.11 bits per heavy atom. The van der Waals surface area contributed by atoms with Crippen LogP contribution in [0.1, 0.15) is 45.6 Å². The summed E-state index contributed by atoms with van der Waals surface area (Å²) < 4.78 is 0. The van der Waals surface area contributed by atoms with Crippen LogP contribution in [-0.4, -0.2) is 16.0 Å². The van der Waals surface area contributed by atoms with E-state index >= 15 is 0 Å². The summed E-state index contributed by atoms with van der Waals surface area (Å²) in [4.78, 5) is 8.40. The molecule has 4 heteroatoms. The SMILES string of the molecule is CCc1c(Cl)ncnc1NC1CCC(CC)C1C. The van der Waals surface area contributed by atoms with E-state index in [1.165, 1.54) is 19.3 Å². The molecule has 3 atom stereocenters. The van der Waals surface area contributed by atoms with Crippen molar-refractivity contribution in [3.63, 3.8) is 0 Å². The molecule has 0 saturated heterocycles. The van der Waals surface area contributed by atoms with E-state index in [1.54, 1.807) is 6.33 Å². The Morgan fingerprint density at radius 3 is 2.72 bits per heavy atom. The van der Waals surface area contributed by atoms with Gasteiger partial charge in [-0.15, -0.1) is 0 Å². The van der Waals surface area contributed by atoms with Gasteiger partial charge in [0.2, 0.25) is 0 Å². The van der Waals surface area contributed by atoms with Crippen LogP contribution in [-0.2, 0) is 6.42 Å². The van der Waals surface area contributed by atoms with Gasteiger partial charge in [-0.05, 0) is 31.1 Å². The van der Waals surface area contributed by atoms with Crippen LogP contribution in [0.15, 0.2) is 6.33 Å². The standard InChI is InChI=1S/C14H22ClN3/c1-4-10-6-7-12(9(10)3)18-14-11(5-2)13(15)16-8-17-14/h8-10,12H,4-7H2,1-3H3,(H,16,17,18). The molecule has 0 spiro atoms. The monoisotopic (exact) mass is 267 g/mol. The van der Waals surface area contributed by atoms with Crippen molar-refractivity contribution >= 4 is 17.4 Å². The summed E-state index contributed by atoms with van der Waals surface area (Å²) in [6.45, 7) is 6.71. The number of hydrogen-bond donors (Lipinski definition) is 1. The normalized spacial score (nSPS) is 27.4. The van der Waals surface area contributed by atoms with E-state index in [0.29, 0.717) is 17.1 Å². The maximum Gasteiger partial charge on any atom is 0.137 e. The average molecular weight is 268 g/mol. The van der Waals surface area contributed by atoms with Gasteiger partial charge in [0, 0.05) is 11.6 Å². The number of nitrogens with one attached hydrogen (secondary N) is 1. The summed E-state index contributed by atoms with van der Waals surface area (Å²) in [7, 11) is 0. The number of aromatic nitrogens is 2. The molecular formula is C14H22ClN3. The third-order valence-corrected chi connectivity index (χ3v) is 4.65. The third kappa shape index (κ3) is 2.61. The summed E-state index contributed by atoms with van der Waals surface area (Å²) in [6.07, 6.45) is 6.21. The molecule has 0 aliphatic heterocycles. The number of anilines is 1. The van der Waals surface area contributed by atoms with Crippen molar-refractivity contribution in [3.05, 3.63) is 17.0 Å². The molecule has 3 unspecified atom stereocenters. The van der Waals surface area contributed by atoms with Crippen LogP contribution in [0.2, 0.25) is 5.15 Å². The van der Waals surface area contributed by atoms with Crippen molar-refractivity contribution in [2.45, 2.75) is 52.5 Å². The molecule has 1 aromatic rings. The van der Waals surface area contributed by atoms with Crippen molar-refractivity contribution in [3.8, 4) is 0 Å². The number of rotatable bonds is 4. The van der Waals surface area contributed by atoms with Crippen LogP contribution in [0.25, 0.3) is 0 Å². The fraction of sp³-hybridized carbons (Fsp3) is 0.714. The molecule has 0 radical (unpaired) electrons. The summed E-state index contributed by atoms with van der Waals surface area (Å²) in [5.41, 5.74) is 1.03. The Hall–Kier alpha value is -0.830. The highest BCUT2D eigenvalue weighted by atomic mass is 35.5. The molecule has 1 heterocycles. The second-order valence-corrected chi connectivity index (χ2v) is 5.56. The highest BCUT2D eigenvalue weighted by molar-refractivity contribution is 6.30. The highest BCUT2D eigenvalue weighted by Gasteiger charge is 2.32. The second kappa shape index (κ2) is 5.87. The van der Waals surface area contributed by atoms with E-state index in [0.717, 1.165) is 23.7 Å². The van der Waals surface area contributed by atoms with E-state index in [9.17, 15) is 0 Å². The molecule has 1 N–H and O–H groups in total. The first-order valence-corrected chi connectivity index (χ1v) is 7.31. The maximum atomic E-state index is 6.12. The molecule has 0 amide bonds. The molecule has 1 aliphatic carbocycles. The van der Waals surface area contributed by atoms with Gasteiger partial charge in [0.05, 0.1) is 0 Å². The maximum absolute atomic E-state index is 6.12. The fourth-order valence-electron chi connectivity index (χ4n) is 3.03. The summed E-state index contributed by atoms with van der Waals surface area (Å²) >= 11 is 6.12. The lowest BCUT2D eigenvalue weighted by molar-refractivity contribution is 0.391. The van der Waals surface area contributed by atoms with Crippen LogP contribution in [0.5, 0.6) is 0 Å². The molecular weight excluding hydrogens is 246 g/mol. The van der Waals surface area contributed by atoms with Gasteiger partial charge in [-0.25, -0.2) is 9.97 Å². The van der Waals surface area contributed by atoms with Crippen molar-refractivity contribution in [1.82, 2.24) is 9.97 Å². The predicted octanol–water partition coefficient (Wildman–Crippen LogP) is 3.93. The number of hydrogen-bond acceptors (Lipinski definition) is 3. The molecule has 0 aromatic carbocycles. The smallest absolute Gasteiger partial charge is 0.137 e. The van der Waals surface area contributed by atoms with Gasteiger partial charge >= 0.3 is 0 Å². The number of nitrogens with zero attached hydrogens (tertiary/aromatic N) is 2. The topological polar surface area (TPSA) is 37.8 Å². The van der Waals surface area contributed by atoms with E-state index in [4.69, 9.17) is 11.6 Å². The third-order valence-electron chi connectivity index (χ3n) is 4.32. The molecule has 3 nitrogen and oxygen atoms in total. The Morgan fingerprint density at radius 1 is 1.33 bits per heavy atom. The van der Waals surface area contributed by atoms with Gasteiger partial charge < -0.3 is 5.32 Å². The van der Waals surface area contributed by atoms with Gasteiger partial charge in [0.1, 0.15) is 17.3 Å². The summed E-state index contributed by atoms with van der Waals surface area (Å²) in [6, 6.07) is 0.520. The molecule has 1 saturated carbocycles. The molecule has 100 valence electrons. The predicted molar refractivity (Wildman–Crippen MR) is 76.0 cm³/mol. The first kappa shape index (κ1) is 13.6. The van der Waals surface area contributed by atoms with Crippen LogP contribution in [0, 0.1) is 11.8 Å². The van der Waals surface area contributed by atoms with E-state index in [2.05, 4.69) is 36.1 Å². The van der Waals surface area contributed by atoms with Gasteiger partial charge in [-0.3, -0.25) is 0 Å². The van der Waals surface area contributed by atoms with Crippen LogP contribution in [0.4, 0.5) is 5.82 Å². The van der Waals surface area contributed by atoms with Gasteiger partial charge in [-0.1, -0.05) is 38.8 Å². The first-order valence-electron chi connectivity index (χ1n) is 6.93. The lowest BCUT2D eigenvalue weighted by atomic mass is 9.93. The largest absolute Gasteiger partial charge is 0.367 e. The average Bonchev–Trinajstić information content (AvgIpc) is 2.71. The minimum Gasteiger partial charge on any atom is -0.367 e. The molecule has 2 rings (SSSR count). The zero-order chi connectivity index (χ0) is 13.1. The zero-order valence-electron chi connectivity index (χ0n) is 11.4. The Kier molecular flexibility index (Phi) is 4.44. The van der Waals surface area contributed by atoms with E-state index < -0.39 is 0 Å². The van der Waals surface area contributed by atoms with Crippen molar-refractivity contribution < 1.29 is 0 Å².